The number of rotatable bonds is 5. The fourth-order valence-electron chi connectivity index (χ4n) is 1.37. The summed E-state index contributed by atoms with van der Waals surface area (Å²) in [6.45, 7) is 3.17. The predicted octanol–water partition coefficient (Wildman–Crippen LogP) is 1.08. The van der Waals surface area contributed by atoms with Gasteiger partial charge in [0.1, 0.15) is 5.75 Å². The zero-order chi connectivity index (χ0) is 10.4. The Labute approximate surface area is 84.5 Å². The molecule has 1 aromatic rings. The number of aliphatic hydroxyl groups is 1. The summed E-state index contributed by atoms with van der Waals surface area (Å²) in [5, 5.41) is 9.13. The number of hydrogen-bond donors (Lipinski definition) is 2. The molecule has 1 aromatic carbocycles. The van der Waals surface area contributed by atoms with Crippen molar-refractivity contribution < 1.29 is 9.84 Å². The van der Waals surface area contributed by atoms with E-state index in [0.717, 1.165) is 23.3 Å². The summed E-state index contributed by atoms with van der Waals surface area (Å²) in [5.74, 6) is 0.760. The van der Waals surface area contributed by atoms with E-state index >= 15 is 0 Å². The van der Waals surface area contributed by atoms with Crippen molar-refractivity contribution in [3.8, 4) is 5.75 Å². The summed E-state index contributed by atoms with van der Waals surface area (Å²) in [4.78, 5) is 0. The first kappa shape index (κ1) is 11.0. The first-order valence-electron chi connectivity index (χ1n) is 4.87. The number of nitrogens with two attached hydrogens (primary N) is 1. The van der Waals surface area contributed by atoms with Crippen LogP contribution in [0.3, 0.4) is 0 Å². The normalized spacial score (nSPS) is 10.2. The molecule has 0 atom stereocenters. The molecule has 0 aromatic heterocycles. The second-order valence-electron chi connectivity index (χ2n) is 3.07. The Balaban J connectivity index is 2.87. The molecule has 0 spiro atoms. The molecule has 3 N–H and O–H groups in total. The van der Waals surface area contributed by atoms with Crippen molar-refractivity contribution in [2.24, 2.45) is 5.73 Å². The smallest absolute Gasteiger partial charge is 0.124 e. The van der Waals surface area contributed by atoms with Crippen molar-refractivity contribution in [1.29, 1.82) is 0 Å². The molecule has 0 bridgehead atoms. The van der Waals surface area contributed by atoms with Gasteiger partial charge in [0, 0.05) is 5.56 Å². The minimum Gasteiger partial charge on any atom is -0.494 e. The minimum atomic E-state index is 0.00768. The fraction of sp³-hybridized carbons (Fsp3) is 0.455. The molecule has 0 unspecified atom stereocenters. The van der Waals surface area contributed by atoms with Crippen molar-refractivity contribution in [1.82, 2.24) is 0 Å². The van der Waals surface area contributed by atoms with Crippen LogP contribution in [0.25, 0.3) is 0 Å². The van der Waals surface area contributed by atoms with Gasteiger partial charge in [-0.2, -0.15) is 0 Å². The maximum atomic E-state index is 9.13. The first-order valence-corrected chi connectivity index (χ1v) is 4.87. The van der Waals surface area contributed by atoms with Crippen LogP contribution in [-0.4, -0.2) is 18.3 Å². The zero-order valence-electron chi connectivity index (χ0n) is 8.49. The highest BCUT2D eigenvalue weighted by atomic mass is 16.5. The van der Waals surface area contributed by atoms with Gasteiger partial charge in [-0.3, -0.25) is 0 Å². The average Bonchev–Trinajstić information content (AvgIpc) is 2.21. The van der Waals surface area contributed by atoms with E-state index in [0.29, 0.717) is 13.2 Å². The topological polar surface area (TPSA) is 55.5 Å². The number of benzene rings is 1. The highest BCUT2D eigenvalue weighted by molar-refractivity contribution is 5.37. The second kappa shape index (κ2) is 5.62. The van der Waals surface area contributed by atoms with Crippen molar-refractivity contribution in [2.75, 3.05) is 13.2 Å². The molecule has 0 aliphatic carbocycles. The molecule has 1 rings (SSSR count). The van der Waals surface area contributed by atoms with Gasteiger partial charge in [-0.1, -0.05) is 6.07 Å². The van der Waals surface area contributed by atoms with E-state index in [9.17, 15) is 0 Å². The third kappa shape index (κ3) is 2.72. The van der Waals surface area contributed by atoms with Gasteiger partial charge in [0.15, 0.2) is 0 Å². The van der Waals surface area contributed by atoms with E-state index in [4.69, 9.17) is 15.6 Å². The van der Waals surface area contributed by atoms with E-state index in [-0.39, 0.29) is 6.61 Å². The maximum Gasteiger partial charge on any atom is 0.124 e. The van der Waals surface area contributed by atoms with Gasteiger partial charge in [0.25, 0.3) is 0 Å². The molecule has 78 valence electrons. The Kier molecular flexibility index (Phi) is 4.43. The Morgan fingerprint density at radius 3 is 2.79 bits per heavy atom. The average molecular weight is 195 g/mol. The van der Waals surface area contributed by atoms with Crippen LogP contribution in [-0.2, 0) is 13.0 Å². The van der Waals surface area contributed by atoms with Crippen LogP contribution in [0.15, 0.2) is 18.2 Å². The number of aliphatic hydroxyl groups excluding tert-OH is 1. The predicted molar refractivity (Wildman–Crippen MR) is 56.3 cm³/mol. The van der Waals surface area contributed by atoms with Gasteiger partial charge in [0.05, 0.1) is 13.2 Å². The van der Waals surface area contributed by atoms with Crippen molar-refractivity contribution >= 4 is 0 Å². The van der Waals surface area contributed by atoms with Crippen molar-refractivity contribution in [3.05, 3.63) is 29.3 Å². The SMILES string of the molecule is CCOc1ccc(CCN)cc1CO. The molecule has 0 saturated carbocycles. The third-order valence-corrected chi connectivity index (χ3v) is 2.03. The van der Waals surface area contributed by atoms with Crippen LogP contribution in [0.2, 0.25) is 0 Å². The second-order valence-corrected chi connectivity index (χ2v) is 3.07. The van der Waals surface area contributed by atoms with E-state index in [1.807, 2.05) is 25.1 Å². The molecule has 0 aliphatic heterocycles. The molecule has 0 fully saturated rings. The van der Waals surface area contributed by atoms with Crippen LogP contribution < -0.4 is 10.5 Å². The van der Waals surface area contributed by atoms with Gasteiger partial charge >= 0.3 is 0 Å². The summed E-state index contributed by atoms with van der Waals surface area (Å²) in [5.41, 5.74) is 7.43. The van der Waals surface area contributed by atoms with Gasteiger partial charge < -0.3 is 15.6 Å². The Bertz CT molecular complexity index is 287. The Hall–Kier alpha value is -1.06. The van der Waals surface area contributed by atoms with Crippen LogP contribution in [0.4, 0.5) is 0 Å². The summed E-state index contributed by atoms with van der Waals surface area (Å²) < 4.78 is 5.37. The summed E-state index contributed by atoms with van der Waals surface area (Å²) in [7, 11) is 0. The molecular formula is C11H17NO2. The molecular weight excluding hydrogens is 178 g/mol. The number of ether oxygens (including phenoxy) is 1. The zero-order valence-corrected chi connectivity index (χ0v) is 8.49. The van der Waals surface area contributed by atoms with Crippen LogP contribution in [0, 0.1) is 0 Å². The molecule has 0 amide bonds. The van der Waals surface area contributed by atoms with Gasteiger partial charge in [-0.05, 0) is 37.6 Å². The van der Waals surface area contributed by atoms with E-state index < -0.39 is 0 Å². The van der Waals surface area contributed by atoms with Gasteiger partial charge in [-0.25, -0.2) is 0 Å². The van der Waals surface area contributed by atoms with Crippen LogP contribution in [0.1, 0.15) is 18.1 Å². The molecule has 0 heterocycles. The molecule has 3 nitrogen and oxygen atoms in total. The highest BCUT2D eigenvalue weighted by Crippen LogP contribution is 2.20. The van der Waals surface area contributed by atoms with Gasteiger partial charge in [0.2, 0.25) is 0 Å². The fourth-order valence-corrected chi connectivity index (χ4v) is 1.37. The molecule has 14 heavy (non-hydrogen) atoms. The molecule has 0 saturated heterocycles. The Morgan fingerprint density at radius 2 is 2.21 bits per heavy atom. The van der Waals surface area contributed by atoms with E-state index in [1.54, 1.807) is 0 Å². The standard InChI is InChI=1S/C11H17NO2/c1-2-14-11-4-3-9(5-6-12)7-10(11)8-13/h3-4,7,13H,2,5-6,8,12H2,1H3. The maximum absolute atomic E-state index is 9.13. The van der Waals surface area contributed by atoms with Crippen LogP contribution in [0.5, 0.6) is 5.75 Å². The molecule has 0 radical (unpaired) electrons. The number of hydrogen-bond acceptors (Lipinski definition) is 3. The van der Waals surface area contributed by atoms with E-state index in [2.05, 4.69) is 0 Å². The van der Waals surface area contributed by atoms with Crippen molar-refractivity contribution in [3.63, 3.8) is 0 Å². The Morgan fingerprint density at radius 1 is 1.43 bits per heavy atom. The minimum absolute atomic E-state index is 0.00768. The third-order valence-electron chi connectivity index (χ3n) is 2.03. The quantitative estimate of drug-likeness (QED) is 0.739. The summed E-state index contributed by atoms with van der Waals surface area (Å²) >= 11 is 0. The lowest BCUT2D eigenvalue weighted by Gasteiger charge is -2.09. The van der Waals surface area contributed by atoms with Crippen LogP contribution >= 0.6 is 0 Å². The lowest BCUT2D eigenvalue weighted by molar-refractivity contribution is 0.267. The lowest BCUT2D eigenvalue weighted by Crippen LogP contribution is -2.04. The van der Waals surface area contributed by atoms with Crippen molar-refractivity contribution in [2.45, 2.75) is 20.0 Å². The van der Waals surface area contributed by atoms with E-state index in [1.165, 1.54) is 0 Å². The first-order chi connectivity index (χ1) is 6.81. The van der Waals surface area contributed by atoms with Gasteiger partial charge in [-0.15, -0.1) is 0 Å². The summed E-state index contributed by atoms with van der Waals surface area (Å²) in [6.07, 6.45) is 0.833. The molecule has 0 aliphatic rings. The molecule has 3 heteroatoms. The summed E-state index contributed by atoms with van der Waals surface area (Å²) in [6, 6.07) is 5.81. The monoisotopic (exact) mass is 195 g/mol. The lowest BCUT2D eigenvalue weighted by atomic mass is 10.1. The highest BCUT2D eigenvalue weighted by Gasteiger charge is 2.03. The largest absolute Gasteiger partial charge is 0.494 e.